The van der Waals surface area contributed by atoms with Crippen LogP contribution in [0.2, 0.25) is 0 Å². The lowest BCUT2D eigenvalue weighted by atomic mass is 10.2. The van der Waals surface area contributed by atoms with Crippen LogP contribution in [0.4, 0.5) is 0 Å². The van der Waals surface area contributed by atoms with Crippen molar-refractivity contribution in [3.8, 4) is 0 Å². The van der Waals surface area contributed by atoms with Crippen LogP contribution in [0.3, 0.4) is 0 Å². The maximum atomic E-state index is 5.72. The fourth-order valence-corrected chi connectivity index (χ4v) is 1.96. The molecule has 0 radical (unpaired) electrons. The molecule has 0 amide bonds. The van der Waals surface area contributed by atoms with E-state index in [-0.39, 0.29) is 0 Å². The minimum Gasteiger partial charge on any atom is -0.374 e. The largest absolute Gasteiger partial charge is 0.374 e. The average molecular weight is 209 g/mol. The summed E-state index contributed by atoms with van der Waals surface area (Å²) in [7, 11) is 0. The molecule has 4 heteroatoms. The molecule has 2 N–H and O–H groups in total. The summed E-state index contributed by atoms with van der Waals surface area (Å²) in [4.78, 5) is 0. The van der Waals surface area contributed by atoms with Crippen LogP contribution in [0, 0.1) is 6.92 Å². The van der Waals surface area contributed by atoms with Crippen molar-refractivity contribution in [2.45, 2.75) is 45.4 Å². The monoisotopic (exact) mass is 209 g/mol. The Morgan fingerprint density at radius 2 is 2.47 bits per heavy atom. The number of aryl methyl sites for hydroxylation is 1. The number of H-pyrrole nitrogens is 1. The summed E-state index contributed by atoms with van der Waals surface area (Å²) in [6.45, 7) is 5.99. The first-order valence-corrected chi connectivity index (χ1v) is 5.60. The third kappa shape index (κ3) is 2.79. The Morgan fingerprint density at radius 1 is 1.60 bits per heavy atom. The molecule has 2 heterocycles. The molecule has 15 heavy (non-hydrogen) atoms. The third-order valence-electron chi connectivity index (χ3n) is 2.94. The van der Waals surface area contributed by atoms with Gasteiger partial charge in [0, 0.05) is 24.3 Å². The van der Waals surface area contributed by atoms with Crippen molar-refractivity contribution in [2.24, 2.45) is 0 Å². The smallest absolute Gasteiger partial charge is 0.0704 e. The summed E-state index contributed by atoms with van der Waals surface area (Å²) in [5.41, 5.74) is 2.38. The fraction of sp³-hybridized carbons (Fsp3) is 0.727. The molecule has 0 saturated carbocycles. The number of hydrogen-bond donors (Lipinski definition) is 2. The van der Waals surface area contributed by atoms with Gasteiger partial charge in [0.2, 0.25) is 0 Å². The van der Waals surface area contributed by atoms with Crippen molar-refractivity contribution in [1.29, 1.82) is 0 Å². The molecular formula is C11H19N3O. The highest BCUT2D eigenvalue weighted by molar-refractivity contribution is 5.13. The van der Waals surface area contributed by atoms with Gasteiger partial charge in [0.15, 0.2) is 0 Å². The number of hydrogen-bond acceptors (Lipinski definition) is 3. The van der Waals surface area contributed by atoms with Gasteiger partial charge < -0.3 is 10.1 Å². The van der Waals surface area contributed by atoms with E-state index in [0.29, 0.717) is 12.2 Å². The molecule has 0 aliphatic carbocycles. The number of ether oxygens (including phenoxy) is 1. The highest BCUT2D eigenvalue weighted by Gasteiger charge is 2.20. The predicted molar refractivity (Wildman–Crippen MR) is 58.6 cm³/mol. The first-order chi connectivity index (χ1) is 7.25. The Balaban J connectivity index is 1.69. The molecule has 1 fully saturated rings. The lowest BCUT2D eigenvalue weighted by Gasteiger charge is -2.11. The van der Waals surface area contributed by atoms with Gasteiger partial charge in [-0.05, 0) is 26.7 Å². The van der Waals surface area contributed by atoms with Crippen molar-refractivity contribution in [1.82, 2.24) is 15.5 Å². The highest BCUT2D eigenvalue weighted by Crippen LogP contribution is 2.18. The molecule has 1 saturated heterocycles. The molecular weight excluding hydrogens is 190 g/mol. The van der Waals surface area contributed by atoms with Gasteiger partial charge in [-0.2, -0.15) is 5.10 Å². The topological polar surface area (TPSA) is 49.9 Å². The van der Waals surface area contributed by atoms with Gasteiger partial charge in [-0.15, -0.1) is 0 Å². The maximum Gasteiger partial charge on any atom is 0.0704 e. The standard InChI is InChI=1S/C11H19N3O/c1-8-3-4-11(15-8)7-12-5-10-6-13-14-9(10)2/h6,8,11-12H,3-5,7H2,1-2H3,(H,13,14). The zero-order valence-corrected chi connectivity index (χ0v) is 9.42. The zero-order valence-electron chi connectivity index (χ0n) is 9.42. The number of rotatable bonds is 4. The van der Waals surface area contributed by atoms with Crippen LogP contribution in [0.1, 0.15) is 31.0 Å². The van der Waals surface area contributed by atoms with E-state index in [1.165, 1.54) is 18.4 Å². The Kier molecular flexibility index (Phi) is 3.38. The molecule has 0 spiro atoms. The minimum atomic E-state index is 0.396. The third-order valence-corrected chi connectivity index (χ3v) is 2.94. The molecule has 2 unspecified atom stereocenters. The van der Waals surface area contributed by atoms with E-state index < -0.39 is 0 Å². The fourth-order valence-electron chi connectivity index (χ4n) is 1.96. The summed E-state index contributed by atoms with van der Waals surface area (Å²) in [6, 6.07) is 0. The normalized spacial score (nSPS) is 26.0. The van der Waals surface area contributed by atoms with Crippen LogP contribution in [0.25, 0.3) is 0 Å². The molecule has 1 aromatic rings. The highest BCUT2D eigenvalue weighted by atomic mass is 16.5. The van der Waals surface area contributed by atoms with E-state index >= 15 is 0 Å². The molecule has 0 bridgehead atoms. The van der Waals surface area contributed by atoms with Crippen molar-refractivity contribution >= 4 is 0 Å². The van der Waals surface area contributed by atoms with Crippen LogP contribution < -0.4 is 5.32 Å². The predicted octanol–water partition coefficient (Wildman–Crippen LogP) is 1.38. The van der Waals surface area contributed by atoms with E-state index in [0.717, 1.165) is 18.8 Å². The summed E-state index contributed by atoms with van der Waals surface area (Å²) in [5, 5.41) is 10.3. The summed E-state index contributed by atoms with van der Waals surface area (Å²) < 4.78 is 5.72. The first-order valence-electron chi connectivity index (χ1n) is 5.60. The number of aromatic nitrogens is 2. The van der Waals surface area contributed by atoms with Crippen LogP contribution in [0.15, 0.2) is 6.20 Å². The van der Waals surface area contributed by atoms with E-state index in [9.17, 15) is 0 Å². The SMILES string of the molecule is Cc1[nH]ncc1CNCC1CCC(C)O1. The van der Waals surface area contributed by atoms with E-state index in [2.05, 4.69) is 22.4 Å². The Bertz CT molecular complexity index is 311. The van der Waals surface area contributed by atoms with Crippen molar-refractivity contribution in [3.05, 3.63) is 17.5 Å². The molecule has 1 aliphatic rings. The summed E-state index contributed by atoms with van der Waals surface area (Å²) >= 11 is 0. The molecule has 84 valence electrons. The van der Waals surface area contributed by atoms with E-state index in [1.807, 2.05) is 13.1 Å². The van der Waals surface area contributed by atoms with Gasteiger partial charge in [0.25, 0.3) is 0 Å². The van der Waals surface area contributed by atoms with Crippen LogP contribution in [-0.4, -0.2) is 29.0 Å². The molecule has 0 aromatic carbocycles. The van der Waals surface area contributed by atoms with Crippen LogP contribution >= 0.6 is 0 Å². The number of nitrogens with zero attached hydrogens (tertiary/aromatic N) is 1. The van der Waals surface area contributed by atoms with Gasteiger partial charge in [0.05, 0.1) is 18.4 Å². The second-order valence-electron chi connectivity index (χ2n) is 4.30. The summed E-state index contributed by atoms with van der Waals surface area (Å²) in [6.07, 6.45) is 5.08. The quantitative estimate of drug-likeness (QED) is 0.787. The van der Waals surface area contributed by atoms with Gasteiger partial charge in [-0.1, -0.05) is 0 Å². The second-order valence-corrected chi connectivity index (χ2v) is 4.30. The Morgan fingerprint density at radius 3 is 3.07 bits per heavy atom. The lowest BCUT2D eigenvalue weighted by Crippen LogP contribution is -2.26. The Labute approximate surface area is 90.4 Å². The van der Waals surface area contributed by atoms with Gasteiger partial charge in [0.1, 0.15) is 0 Å². The average Bonchev–Trinajstić information content (AvgIpc) is 2.77. The van der Waals surface area contributed by atoms with Crippen molar-refractivity contribution < 1.29 is 4.74 Å². The Hall–Kier alpha value is -0.870. The number of aromatic amines is 1. The number of nitrogens with one attached hydrogen (secondary N) is 2. The van der Waals surface area contributed by atoms with Gasteiger partial charge in [-0.25, -0.2) is 0 Å². The molecule has 4 nitrogen and oxygen atoms in total. The van der Waals surface area contributed by atoms with Gasteiger partial charge in [-0.3, -0.25) is 5.10 Å². The van der Waals surface area contributed by atoms with E-state index in [4.69, 9.17) is 4.74 Å². The van der Waals surface area contributed by atoms with Crippen LogP contribution in [0.5, 0.6) is 0 Å². The summed E-state index contributed by atoms with van der Waals surface area (Å²) in [5.74, 6) is 0. The van der Waals surface area contributed by atoms with Gasteiger partial charge >= 0.3 is 0 Å². The maximum absolute atomic E-state index is 5.72. The lowest BCUT2D eigenvalue weighted by molar-refractivity contribution is 0.0559. The zero-order chi connectivity index (χ0) is 10.7. The minimum absolute atomic E-state index is 0.396. The van der Waals surface area contributed by atoms with Crippen molar-refractivity contribution in [3.63, 3.8) is 0 Å². The molecule has 1 aliphatic heterocycles. The van der Waals surface area contributed by atoms with Crippen molar-refractivity contribution in [2.75, 3.05) is 6.54 Å². The molecule has 2 atom stereocenters. The molecule has 2 rings (SSSR count). The van der Waals surface area contributed by atoms with E-state index in [1.54, 1.807) is 0 Å². The second kappa shape index (κ2) is 4.77. The first kappa shape index (κ1) is 10.6. The molecule has 1 aromatic heterocycles. The van der Waals surface area contributed by atoms with Crippen LogP contribution in [-0.2, 0) is 11.3 Å².